The number of nitrogens with zero attached hydrogens (tertiary/aromatic N) is 1. The minimum absolute atomic E-state index is 0.0498. The summed E-state index contributed by atoms with van der Waals surface area (Å²) in [6, 6.07) is 9.01. The Morgan fingerprint density at radius 1 is 1.13 bits per heavy atom. The maximum Gasteiger partial charge on any atom is 0.243 e. The molecule has 9 heteroatoms. The number of benzene rings is 2. The van der Waals surface area contributed by atoms with Gasteiger partial charge in [0.2, 0.25) is 15.9 Å². The Hall–Kier alpha value is -2.65. The number of nitrogens with one attached hydrogen (secondary N) is 1. The van der Waals surface area contributed by atoms with Crippen molar-refractivity contribution in [3.63, 3.8) is 0 Å². The monoisotopic (exact) mass is 434 g/mol. The second kappa shape index (κ2) is 8.23. The molecule has 1 amide bonds. The first-order valence-corrected chi connectivity index (χ1v) is 11.3. The van der Waals surface area contributed by atoms with Crippen LogP contribution in [0.1, 0.15) is 18.4 Å². The Morgan fingerprint density at radius 3 is 2.67 bits per heavy atom. The van der Waals surface area contributed by atoms with Crippen LogP contribution in [0.3, 0.4) is 0 Å². The number of hydrogen-bond donors (Lipinski definition) is 1. The van der Waals surface area contributed by atoms with Crippen LogP contribution in [0.25, 0.3) is 0 Å². The van der Waals surface area contributed by atoms with E-state index in [0.717, 1.165) is 6.07 Å². The second-order valence-corrected chi connectivity index (χ2v) is 9.40. The number of anilines is 1. The summed E-state index contributed by atoms with van der Waals surface area (Å²) in [6.45, 7) is 2.85. The molecular weight excluding hydrogens is 411 g/mol. The van der Waals surface area contributed by atoms with Crippen LogP contribution < -0.4 is 14.8 Å². The molecule has 0 unspecified atom stereocenters. The van der Waals surface area contributed by atoms with Gasteiger partial charge >= 0.3 is 0 Å². The van der Waals surface area contributed by atoms with Crippen LogP contribution in [0.5, 0.6) is 11.5 Å². The van der Waals surface area contributed by atoms with Crippen molar-refractivity contribution in [1.82, 2.24) is 4.31 Å². The van der Waals surface area contributed by atoms with Gasteiger partial charge in [0, 0.05) is 24.8 Å². The number of ether oxygens (including phenoxy) is 2. The highest BCUT2D eigenvalue weighted by molar-refractivity contribution is 7.89. The third-order valence-corrected chi connectivity index (χ3v) is 7.21. The van der Waals surface area contributed by atoms with E-state index in [9.17, 15) is 17.6 Å². The van der Waals surface area contributed by atoms with E-state index in [4.69, 9.17) is 9.47 Å². The zero-order valence-corrected chi connectivity index (χ0v) is 17.4. The van der Waals surface area contributed by atoms with Gasteiger partial charge in [-0.2, -0.15) is 4.31 Å². The first kappa shape index (κ1) is 20.6. The smallest absolute Gasteiger partial charge is 0.243 e. The standard InChI is InChI=1S/C21H23FN2O5S/c1-14-4-6-17(12-18(14)22)30(26,27)24-8-2-3-15(13-24)21(25)23-16-5-7-19-20(11-16)29-10-9-28-19/h4-7,11-12,15H,2-3,8-10,13H2,1H3,(H,23,25)/t15-/m1/s1. The lowest BCUT2D eigenvalue weighted by Crippen LogP contribution is -2.43. The predicted octanol–water partition coefficient (Wildman–Crippen LogP) is 2.94. The first-order chi connectivity index (χ1) is 14.3. The number of halogens is 1. The number of carbonyl (C=O) groups excluding carboxylic acids is 1. The molecular formula is C21H23FN2O5S. The molecule has 0 aromatic heterocycles. The van der Waals surface area contributed by atoms with Crippen molar-refractivity contribution in [3.8, 4) is 11.5 Å². The predicted molar refractivity (Wildman–Crippen MR) is 109 cm³/mol. The number of aryl methyl sites for hydroxylation is 1. The molecule has 2 aromatic carbocycles. The summed E-state index contributed by atoms with van der Waals surface area (Å²) in [7, 11) is -3.88. The van der Waals surface area contributed by atoms with E-state index in [1.165, 1.54) is 16.4 Å². The van der Waals surface area contributed by atoms with Gasteiger partial charge in [-0.15, -0.1) is 0 Å². The van der Waals surface area contributed by atoms with Crippen molar-refractivity contribution in [2.45, 2.75) is 24.7 Å². The Kier molecular flexibility index (Phi) is 5.66. The maximum atomic E-state index is 13.9. The van der Waals surface area contributed by atoms with E-state index in [1.54, 1.807) is 25.1 Å². The fourth-order valence-electron chi connectivity index (χ4n) is 3.62. The largest absolute Gasteiger partial charge is 0.486 e. The number of amides is 1. The fourth-order valence-corrected chi connectivity index (χ4v) is 5.16. The zero-order chi connectivity index (χ0) is 21.3. The molecule has 7 nitrogen and oxygen atoms in total. The summed E-state index contributed by atoms with van der Waals surface area (Å²) in [4.78, 5) is 12.7. The van der Waals surface area contributed by atoms with Crippen LogP contribution >= 0.6 is 0 Å². The van der Waals surface area contributed by atoms with E-state index < -0.39 is 21.8 Å². The van der Waals surface area contributed by atoms with E-state index in [0.29, 0.717) is 55.4 Å². The summed E-state index contributed by atoms with van der Waals surface area (Å²) >= 11 is 0. The van der Waals surface area contributed by atoms with Gasteiger partial charge in [-0.25, -0.2) is 12.8 Å². The van der Waals surface area contributed by atoms with Gasteiger partial charge in [0.05, 0.1) is 10.8 Å². The van der Waals surface area contributed by atoms with E-state index in [2.05, 4.69) is 5.32 Å². The van der Waals surface area contributed by atoms with Crippen LogP contribution in [-0.4, -0.2) is 44.9 Å². The Balaban J connectivity index is 1.46. The lowest BCUT2D eigenvalue weighted by molar-refractivity contribution is -0.120. The van der Waals surface area contributed by atoms with Gasteiger partial charge in [0.15, 0.2) is 11.5 Å². The van der Waals surface area contributed by atoms with Crippen LogP contribution in [0, 0.1) is 18.7 Å². The molecule has 2 aromatic rings. The van der Waals surface area contributed by atoms with Crippen LogP contribution in [-0.2, 0) is 14.8 Å². The Morgan fingerprint density at radius 2 is 1.90 bits per heavy atom. The van der Waals surface area contributed by atoms with Gasteiger partial charge in [-0.3, -0.25) is 4.79 Å². The molecule has 1 atom stereocenters. The number of hydrogen-bond acceptors (Lipinski definition) is 5. The van der Waals surface area contributed by atoms with Crippen molar-refractivity contribution >= 4 is 21.6 Å². The lowest BCUT2D eigenvalue weighted by Gasteiger charge is -2.31. The highest BCUT2D eigenvalue weighted by Gasteiger charge is 2.33. The molecule has 1 saturated heterocycles. The minimum Gasteiger partial charge on any atom is -0.486 e. The molecule has 160 valence electrons. The minimum atomic E-state index is -3.88. The van der Waals surface area contributed by atoms with Gasteiger partial charge in [0.25, 0.3) is 0 Å². The fraction of sp³-hybridized carbons (Fsp3) is 0.381. The molecule has 0 spiro atoms. The Bertz CT molecular complexity index is 1070. The molecule has 0 radical (unpaired) electrons. The van der Waals surface area contributed by atoms with E-state index in [-0.39, 0.29) is 17.3 Å². The average Bonchev–Trinajstić information content (AvgIpc) is 2.75. The number of rotatable bonds is 4. The molecule has 2 aliphatic heterocycles. The van der Waals surface area contributed by atoms with Gasteiger partial charge in [-0.05, 0) is 49.6 Å². The van der Waals surface area contributed by atoms with Gasteiger partial charge < -0.3 is 14.8 Å². The zero-order valence-electron chi connectivity index (χ0n) is 16.6. The topological polar surface area (TPSA) is 84.9 Å². The van der Waals surface area contributed by atoms with Crippen molar-refractivity contribution in [3.05, 3.63) is 47.8 Å². The Labute approximate surface area is 174 Å². The normalized spacial score (nSPS) is 19.3. The lowest BCUT2D eigenvalue weighted by atomic mass is 9.98. The quantitative estimate of drug-likeness (QED) is 0.800. The van der Waals surface area contributed by atoms with Gasteiger partial charge in [0.1, 0.15) is 19.0 Å². The summed E-state index contributed by atoms with van der Waals surface area (Å²) in [5.41, 5.74) is 0.939. The van der Waals surface area contributed by atoms with Crippen molar-refractivity contribution in [2.75, 3.05) is 31.6 Å². The van der Waals surface area contributed by atoms with Crippen LogP contribution in [0.2, 0.25) is 0 Å². The molecule has 1 fully saturated rings. The molecule has 4 rings (SSSR count). The molecule has 30 heavy (non-hydrogen) atoms. The number of carbonyl (C=O) groups is 1. The molecule has 0 aliphatic carbocycles. The molecule has 0 bridgehead atoms. The maximum absolute atomic E-state index is 13.9. The van der Waals surface area contributed by atoms with Crippen molar-refractivity contribution < 1.29 is 27.1 Å². The van der Waals surface area contributed by atoms with E-state index >= 15 is 0 Å². The summed E-state index contributed by atoms with van der Waals surface area (Å²) in [6.07, 6.45) is 1.12. The molecule has 0 saturated carbocycles. The first-order valence-electron chi connectivity index (χ1n) is 9.81. The third kappa shape index (κ3) is 4.13. The molecule has 2 aliphatic rings. The highest BCUT2D eigenvalue weighted by Crippen LogP contribution is 2.33. The number of fused-ring (bicyclic) bond motifs is 1. The number of sulfonamides is 1. The molecule has 2 heterocycles. The summed E-state index contributed by atoms with van der Waals surface area (Å²) in [5.74, 6) is -0.146. The average molecular weight is 434 g/mol. The van der Waals surface area contributed by atoms with Crippen molar-refractivity contribution in [1.29, 1.82) is 0 Å². The van der Waals surface area contributed by atoms with Crippen LogP contribution in [0.4, 0.5) is 10.1 Å². The van der Waals surface area contributed by atoms with Crippen LogP contribution in [0.15, 0.2) is 41.3 Å². The second-order valence-electron chi connectivity index (χ2n) is 7.46. The molecule has 1 N–H and O–H groups in total. The van der Waals surface area contributed by atoms with Gasteiger partial charge in [-0.1, -0.05) is 6.07 Å². The highest BCUT2D eigenvalue weighted by atomic mass is 32.2. The third-order valence-electron chi connectivity index (χ3n) is 5.35. The number of piperidine rings is 1. The summed E-state index contributed by atoms with van der Waals surface area (Å²) in [5, 5.41) is 2.83. The van der Waals surface area contributed by atoms with E-state index in [1.807, 2.05) is 0 Å². The summed E-state index contributed by atoms with van der Waals surface area (Å²) < 4.78 is 52.0. The van der Waals surface area contributed by atoms with Crippen molar-refractivity contribution in [2.24, 2.45) is 5.92 Å². The SMILES string of the molecule is Cc1ccc(S(=O)(=O)N2CCC[C@@H](C(=O)Nc3ccc4c(c3)OCCO4)C2)cc1F.